The van der Waals surface area contributed by atoms with Crippen LogP contribution in [-0.2, 0) is 23.2 Å². The first-order valence-corrected chi connectivity index (χ1v) is 17.3. The molecule has 0 aliphatic carbocycles. The van der Waals surface area contributed by atoms with Crippen molar-refractivity contribution in [3.05, 3.63) is 94.0 Å². The topological polar surface area (TPSA) is 166 Å². The molecule has 0 bridgehead atoms. The Labute approximate surface area is 302 Å². The second kappa shape index (κ2) is 13.4. The van der Waals surface area contributed by atoms with Gasteiger partial charge in [0, 0.05) is 54.0 Å². The van der Waals surface area contributed by atoms with Crippen LogP contribution < -0.4 is 26.0 Å². The third kappa shape index (κ3) is 6.05. The lowest BCUT2D eigenvalue weighted by Gasteiger charge is -2.30. The number of pyridine rings is 1. The highest BCUT2D eigenvalue weighted by Gasteiger charge is 2.30. The van der Waals surface area contributed by atoms with E-state index >= 15 is 0 Å². The minimum absolute atomic E-state index is 0.0479. The maximum absolute atomic E-state index is 12.9. The Morgan fingerprint density at radius 2 is 1.96 bits per heavy atom. The minimum atomic E-state index is -0.470. The molecule has 1 fully saturated rings. The molecule has 0 saturated carbocycles. The first-order valence-electron chi connectivity index (χ1n) is 17.3. The van der Waals surface area contributed by atoms with Crippen LogP contribution in [0.2, 0.25) is 0 Å². The zero-order chi connectivity index (χ0) is 36.8. The van der Waals surface area contributed by atoms with E-state index in [9.17, 15) is 19.2 Å². The van der Waals surface area contributed by atoms with Crippen molar-refractivity contribution in [1.29, 1.82) is 0 Å². The number of nitrogens with zero attached hydrogens (tertiary/aromatic N) is 6. The Bertz CT molecular complexity index is 2590. The normalized spacial score (nSPS) is 15.5. The Morgan fingerprint density at radius 1 is 1.09 bits per heavy atom. The second-order valence-corrected chi connectivity index (χ2v) is 12.9. The Kier molecular flexibility index (Phi) is 8.46. The Balaban J connectivity index is 0.938. The van der Waals surface area contributed by atoms with Gasteiger partial charge in [0.15, 0.2) is 5.82 Å². The van der Waals surface area contributed by atoms with Crippen LogP contribution >= 0.6 is 0 Å². The smallest absolute Gasteiger partial charge is 0.328 e. The highest BCUT2D eigenvalue weighted by molar-refractivity contribution is 6.02. The molecule has 0 radical (unpaired) electrons. The monoisotopic (exact) mass is 710 g/mol. The van der Waals surface area contributed by atoms with Crippen LogP contribution in [0.15, 0.2) is 70.3 Å². The van der Waals surface area contributed by atoms with Crippen LogP contribution in [0.5, 0.6) is 5.88 Å². The number of amides is 3. The average Bonchev–Trinajstić information content (AvgIpc) is 3.69. The number of anilines is 2. The first kappa shape index (κ1) is 33.4. The molecule has 2 N–H and O–H groups in total. The van der Waals surface area contributed by atoms with Crippen LogP contribution in [0, 0.1) is 18.8 Å². The standard InChI is InChI=1S/C39H34N8O6/c1-4-46-30-18-25(16-22(2)34(30)45(3)39(46)51)47-14-15-52-38-31(47)20-42-35(44-38)24-8-10-29(41-19-24)37(50)40-13-5-6-23-7-11-32-27(17-23)28(21-53-32)26-9-12-33(48)43-36(26)49/h7-8,10-11,16-21,26H,4,9,12-15H2,1-3H3,(H,40,50)(H,43,48,49). The number of carbonyl (C=O) groups excluding carboxylic acids is 3. The molecule has 1 unspecified atom stereocenters. The molecule has 8 rings (SSSR count). The number of piperidine rings is 1. The van der Waals surface area contributed by atoms with Gasteiger partial charge in [-0.3, -0.25) is 33.8 Å². The molecular formula is C39H34N8O6. The van der Waals surface area contributed by atoms with Gasteiger partial charge < -0.3 is 19.4 Å². The van der Waals surface area contributed by atoms with Gasteiger partial charge in [-0.15, -0.1) is 0 Å². The maximum Gasteiger partial charge on any atom is 0.328 e. The predicted octanol–water partition coefficient (Wildman–Crippen LogP) is 4.10. The predicted molar refractivity (Wildman–Crippen MR) is 196 cm³/mol. The third-order valence-corrected chi connectivity index (χ3v) is 9.66. The first-order chi connectivity index (χ1) is 25.7. The number of furan rings is 1. The van der Waals surface area contributed by atoms with Gasteiger partial charge in [-0.1, -0.05) is 11.8 Å². The van der Waals surface area contributed by atoms with Gasteiger partial charge in [-0.05, 0) is 68.3 Å². The summed E-state index contributed by atoms with van der Waals surface area (Å²) in [7, 11) is 1.79. The maximum atomic E-state index is 12.9. The summed E-state index contributed by atoms with van der Waals surface area (Å²) in [6, 6.07) is 12.8. The zero-order valence-corrected chi connectivity index (χ0v) is 29.2. The molecule has 3 amide bonds. The lowest BCUT2D eigenvalue weighted by molar-refractivity contribution is -0.134. The van der Waals surface area contributed by atoms with Crippen LogP contribution in [-0.4, -0.2) is 61.5 Å². The molecule has 14 heteroatoms. The summed E-state index contributed by atoms with van der Waals surface area (Å²) in [5.41, 5.74) is 7.21. The number of rotatable bonds is 6. The lowest BCUT2D eigenvalue weighted by atomic mass is 9.90. The number of nitrogens with one attached hydrogen (secondary N) is 2. The van der Waals surface area contributed by atoms with Crippen molar-refractivity contribution in [2.45, 2.75) is 39.2 Å². The van der Waals surface area contributed by atoms with E-state index in [1.165, 1.54) is 0 Å². The van der Waals surface area contributed by atoms with Gasteiger partial charge in [-0.2, -0.15) is 4.98 Å². The van der Waals surface area contributed by atoms with Crippen molar-refractivity contribution in [2.24, 2.45) is 7.05 Å². The van der Waals surface area contributed by atoms with E-state index in [0.29, 0.717) is 65.8 Å². The minimum Gasteiger partial charge on any atom is -0.474 e. The summed E-state index contributed by atoms with van der Waals surface area (Å²) in [6.45, 7) is 5.61. The van der Waals surface area contributed by atoms with Crippen molar-refractivity contribution in [3.63, 3.8) is 0 Å². The van der Waals surface area contributed by atoms with Crippen LogP contribution in [0.1, 0.15) is 52.9 Å². The average molecular weight is 711 g/mol. The van der Waals surface area contributed by atoms with E-state index in [4.69, 9.17) is 9.15 Å². The number of carbonyl (C=O) groups is 3. The van der Waals surface area contributed by atoms with Crippen molar-refractivity contribution >= 4 is 51.1 Å². The zero-order valence-electron chi connectivity index (χ0n) is 29.2. The number of hydrogen-bond donors (Lipinski definition) is 2. The van der Waals surface area contributed by atoms with E-state index < -0.39 is 5.92 Å². The molecular weight excluding hydrogens is 676 g/mol. The number of aromatic nitrogens is 5. The lowest BCUT2D eigenvalue weighted by Crippen LogP contribution is -2.39. The van der Waals surface area contributed by atoms with Gasteiger partial charge in [0.25, 0.3) is 5.91 Å². The number of imide groups is 1. The molecule has 53 heavy (non-hydrogen) atoms. The number of aryl methyl sites for hydroxylation is 3. The van der Waals surface area contributed by atoms with E-state index in [2.05, 4.69) is 48.4 Å². The van der Waals surface area contributed by atoms with Gasteiger partial charge >= 0.3 is 5.69 Å². The van der Waals surface area contributed by atoms with E-state index in [1.54, 1.807) is 59.1 Å². The molecule has 2 aliphatic rings. The molecule has 1 saturated heterocycles. The summed E-state index contributed by atoms with van der Waals surface area (Å²) in [5.74, 6) is 5.37. The number of imidazole rings is 1. The quantitative estimate of drug-likeness (QED) is 0.190. The summed E-state index contributed by atoms with van der Waals surface area (Å²) in [4.78, 5) is 65.4. The van der Waals surface area contributed by atoms with Crippen molar-refractivity contribution < 1.29 is 23.5 Å². The molecule has 266 valence electrons. The summed E-state index contributed by atoms with van der Waals surface area (Å²) < 4.78 is 15.0. The summed E-state index contributed by atoms with van der Waals surface area (Å²) >= 11 is 0. The van der Waals surface area contributed by atoms with E-state index in [0.717, 1.165) is 27.7 Å². The van der Waals surface area contributed by atoms with Gasteiger partial charge in [0.2, 0.25) is 17.7 Å². The number of hydrogen-bond acceptors (Lipinski definition) is 10. The number of ether oxygens (including phenoxy) is 1. The van der Waals surface area contributed by atoms with Crippen molar-refractivity contribution in [2.75, 3.05) is 24.6 Å². The van der Waals surface area contributed by atoms with Gasteiger partial charge in [-0.25, -0.2) is 9.78 Å². The van der Waals surface area contributed by atoms with Gasteiger partial charge in [0.1, 0.15) is 23.6 Å². The molecule has 0 spiro atoms. The highest BCUT2D eigenvalue weighted by Crippen LogP contribution is 2.38. The molecule has 2 aliphatic heterocycles. The fourth-order valence-electron chi connectivity index (χ4n) is 7.05. The molecule has 6 heterocycles. The summed E-state index contributed by atoms with van der Waals surface area (Å²) in [6.07, 6.45) is 5.50. The Hall–Kier alpha value is -6.75. The van der Waals surface area contributed by atoms with Gasteiger partial charge in [0.05, 0.1) is 42.5 Å². The number of fused-ring (bicyclic) bond motifs is 3. The summed E-state index contributed by atoms with van der Waals surface area (Å²) in [5, 5.41) is 5.91. The van der Waals surface area contributed by atoms with Crippen molar-refractivity contribution in [3.8, 4) is 29.1 Å². The highest BCUT2D eigenvalue weighted by atomic mass is 16.5. The van der Waals surface area contributed by atoms with Crippen molar-refractivity contribution in [1.82, 2.24) is 34.7 Å². The molecule has 14 nitrogen and oxygen atoms in total. The van der Waals surface area contributed by atoms with E-state index in [-0.39, 0.29) is 42.1 Å². The van der Waals surface area contributed by atoms with Crippen LogP contribution in [0.4, 0.5) is 11.4 Å². The molecule has 1 atom stereocenters. The fourth-order valence-corrected chi connectivity index (χ4v) is 7.05. The third-order valence-electron chi connectivity index (χ3n) is 9.66. The number of benzene rings is 2. The molecule has 6 aromatic rings. The largest absolute Gasteiger partial charge is 0.474 e. The Morgan fingerprint density at radius 3 is 2.75 bits per heavy atom. The van der Waals surface area contributed by atoms with Crippen LogP contribution in [0.25, 0.3) is 33.4 Å². The fraction of sp³-hybridized carbons (Fsp3) is 0.256. The SMILES string of the molecule is CCn1c(=O)n(C)c2c(C)cc(N3CCOc4nc(-c5ccc(C(=O)NCC#Cc6ccc7occ(C8CCC(=O)NC8=O)c7c6)nc5)ncc43)cc21. The second-order valence-electron chi connectivity index (χ2n) is 12.9. The molecule has 2 aromatic carbocycles. The van der Waals surface area contributed by atoms with E-state index in [1.807, 2.05) is 26.0 Å². The van der Waals surface area contributed by atoms with Crippen LogP contribution in [0.3, 0.4) is 0 Å². The molecule has 4 aromatic heterocycles.